The lowest BCUT2D eigenvalue weighted by Crippen LogP contribution is -2.66. The normalized spacial score (nSPS) is 30.4. The van der Waals surface area contributed by atoms with E-state index in [0.717, 1.165) is 43.3 Å². The molecule has 2 N–H and O–H groups in total. The molecule has 346 valence electrons. The highest BCUT2D eigenvalue weighted by Crippen LogP contribution is 2.63. The second-order valence-corrected chi connectivity index (χ2v) is 31.3. The van der Waals surface area contributed by atoms with E-state index in [9.17, 15) is 54.5 Å². The molecule has 4 saturated carbocycles. The molecule has 0 aliphatic heterocycles. The van der Waals surface area contributed by atoms with Gasteiger partial charge >= 0.3 is 23.9 Å². The SMILES string of the molecule is C=C1/C(=C\C=C2/CCC[C@]3(C)[C@@H]([C@H](C)C(O)CC(=O)C4(C(O)C(F)(F)C(F)(F)C(F)(F)C(F)(F)F)CC4)CC[C@@H]23)C[C@@H](O[Si](C)(C)C(C)(C)C)C[C@@H]1O[Si](C)(C)C(C)(C)C. The van der Waals surface area contributed by atoms with E-state index in [1.807, 2.05) is 0 Å². The molecule has 4 aliphatic rings. The molecule has 60 heavy (non-hydrogen) atoms. The van der Waals surface area contributed by atoms with Gasteiger partial charge in [0.15, 0.2) is 16.6 Å². The third-order valence-corrected chi connectivity index (χ3v) is 24.8. The highest BCUT2D eigenvalue weighted by molar-refractivity contribution is 6.74. The molecule has 8 atom stereocenters. The maximum atomic E-state index is 14.8. The quantitative estimate of drug-likeness (QED) is 0.134. The standard InChI is InChI=1S/C44H69F9O5Si2/c1-26-29(23-30(57-59(10,11)37(3,4)5)24-34(26)58-60(12,13)38(6,7)8)17-16-28-15-14-20-39(9)31(18-19-32(28)39)27(2)33(54)25-35(55)40(21-22-40)36(56)41(45,46)42(47,48)43(49,50)44(51,52)53/h16-17,27,30-34,36,54,56H,1,14-15,18-25H2,2-13H3/b28-16+,29-17-/t27-,30+,31+,32-,33?,34-,36?,39+/m0/s1. The number of fused-ring (bicyclic) bond motifs is 1. The van der Waals surface area contributed by atoms with Crippen molar-refractivity contribution in [2.75, 3.05) is 0 Å². The first kappa shape index (κ1) is 51.2. The van der Waals surface area contributed by atoms with E-state index >= 15 is 0 Å². The number of hydrogen-bond acceptors (Lipinski definition) is 5. The van der Waals surface area contributed by atoms with Crippen LogP contribution in [0.15, 0.2) is 35.5 Å². The molecule has 0 aromatic heterocycles. The van der Waals surface area contributed by atoms with Crippen molar-refractivity contribution in [3.8, 4) is 0 Å². The van der Waals surface area contributed by atoms with Crippen LogP contribution in [0.4, 0.5) is 39.5 Å². The molecule has 2 unspecified atom stereocenters. The van der Waals surface area contributed by atoms with Gasteiger partial charge in [-0.05, 0) is 122 Å². The Kier molecular flexibility index (Phi) is 14.1. The third kappa shape index (κ3) is 9.22. The van der Waals surface area contributed by atoms with E-state index in [-0.39, 0.29) is 39.5 Å². The van der Waals surface area contributed by atoms with Gasteiger partial charge in [-0.15, -0.1) is 0 Å². The molecule has 0 aromatic rings. The molecule has 4 aliphatic carbocycles. The lowest BCUT2D eigenvalue weighted by molar-refractivity contribution is -0.408. The van der Waals surface area contributed by atoms with E-state index in [1.54, 1.807) is 6.92 Å². The average Bonchev–Trinajstić information content (AvgIpc) is 3.82. The Morgan fingerprint density at radius 2 is 1.38 bits per heavy atom. The fourth-order valence-electron chi connectivity index (χ4n) is 9.50. The molecule has 4 rings (SSSR count). The second-order valence-electron chi connectivity index (χ2n) is 21.7. The van der Waals surface area contributed by atoms with Crippen LogP contribution in [-0.2, 0) is 13.6 Å². The van der Waals surface area contributed by atoms with E-state index in [4.69, 9.17) is 8.85 Å². The number of halogens is 9. The lowest BCUT2D eigenvalue weighted by Gasteiger charge is -2.46. The number of alkyl halides is 9. The predicted molar refractivity (Wildman–Crippen MR) is 220 cm³/mol. The van der Waals surface area contributed by atoms with Crippen LogP contribution in [0.5, 0.6) is 0 Å². The van der Waals surface area contributed by atoms with Gasteiger partial charge in [-0.1, -0.05) is 79.7 Å². The molecule has 0 amide bonds. The molecule has 5 nitrogen and oxygen atoms in total. The summed E-state index contributed by atoms with van der Waals surface area (Å²) in [4.78, 5) is 13.3. The van der Waals surface area contributed by atoms with Crippen LogP contribution in [-0.4, -0.2) is 81.0 Å². The van der Waals surface area contributed by atoms with Gasteiger partial charge in [-0.3, -0.25) is 4.79 Å². The number of aliphatic hydroxyl groups excluding tert-OH is 2. The lowest BCUT2D eigenvalue weighted by atomic mass is 9.60. The Morgan fingerprint density at radius 1 is 0.850 bits per heavy atom. The smallest absolute Gasteiger partial charge is 0.413 e. The topological polar surface area (TPSA) is 76.0 Å². The first-order valence-electron chi connectivity index (χ1n) is 21.4. The number of carbonyl (C=O) groups excluding carboxylic acids is 1. The van der Waals surface area contributed by atoms with Gasteiger partial charge in [-0.25, -0.2) is 0 Å². The van der Waals surface area contributed by atoms with Gasteiger partial charge in [0.2, 0.25) is 0 Å². The first-order valence-corrected chi connectivity index (χ1v) is 27.2. The Labute approximate surface area is 353 Å². The molecule has 0 radical (unpaired) electrons. The largest absolute Gasteiger partial charge is 0.460 e. The molecule has 0 bridgehead atoms. The fraction of sp³-hybridized carbons (Fsp3) is 0.841. The number of aliphatic hydroxyl groups is 2. The van der Waals surface area contributed by atoms with Crippen LogP contribution in [0.2, 0.25) is 36.3 Å². The van der Waals surface area contributed by atoms with Crippen molar-refractivity contribution >= 4 is 22.4 Å². The van der Waals surface area contributed by atoms with Crippen molar-refractivity contribution < 1.29 is 63.4 Å². The summed E-state index contributed by atoms with van der Waals surface area (Å²) in [6, 6.07) is 0. The summed E-state index contributed by atoms with van der Waals surface area (Å²) >= 11 is 0. The zero-order valence-corrected chi connectivity index (χ0v) is 39.5. The number of Topliss-reactive ketones (excluding diaryl/α,β-unsaturated/α-hetero) is 1. The number of rotatable bonds is 14. The zero-order chi connectivity index (χ0) is 46.3. The fourth-order valence-corrected chi connectivity index (χ4v) is 12.2. The number of ketones is 1. The van der Waals surface area contributed by atoms with Gasteiger partial charge in [0.1, 0.15) is 11.9 Å². The van der Waals surface area contributed by atoms with E-state index in [1.165, 1.54) is 5.57 Å². The van der Waals surface area contributed by atoms with Crippen molar-refractivity contribution in [2.45, 2.75) is 204 Å². The first-order chi connectivity index (χ1) is 26.8. The molecule has 0 spiro atoms. The molecule has 0 heterocycles. The summed E-state index contributed by atoms with van der Waals surface area (Å²) in [5.41, 5.74) is 0.222. The van der Waals surface area contributed by atoms with E-state index in [2.05, 4.69) is 93.4 Å². The molecule has 16 heteroatoms. The number of carbonyl (C=O) groups is 1. The third-order valence-electron chi connectivity index (χ3n) is 15.8. The summed E-state index contributed by atoms with van der Waals surface area (Å²) < 4.78 is 137. The van der Waals surface area contributed by atoms with Crippen molar-refractivity contribution in [1.29, 1.82) is 0 Å². The Morgan fingerprint density at radius 3 is 1.88 bits per heavy atom. The summed E-state index contributed by atoms with van der Waals surface area (Å²) in [5.74, 6) is -22.5. The molecular formula is C44H69F9O5Si2. The van der Waals surface area contributed by atoms with Crippen molar-refractivity contribution in [3.05, 3.63) is 35.5 Å². The van der Waals surface area contributed by atoms with Crippen LogP contribution in [0.1, 0.15) is 120 Å². The van der Waals surface area contributed by atoms with Crippen LogP contribution in [0.3, 0.4) is 0 Å². The van der Waals surface area contributed by atoms with Gasteiger partial charge in [0, 0.05) is 12.8 Å². The van der Waals surface area contributed by atoms with Gasteiger partial charge in [-0.2, -0.15) is 39.5 Å². The summed E-state index contributed by atoms with van der Waals surface area (Å²) in [7, 11) is -4.31. The minimum atomic E-state index is -7.19. The summed E-state index contributed by atoms with van der Waals surface area (Å²) in [6.45, 7) is 30.6. The maximum Gasteiger partial charge on any atom is 0.460 e. The van der Waals surface area contributed by atoms with E-state index in [0.29, 0.717) is 12.8 Å². The van der Waals surface area contributed by atoms with Gasteiger partial charge in [0.05, 0.1) is 23.7 Å². The Bertz CT molecular complexity index is 1670. The van der Waals surface area contributed by atoms with Gasteiger partial charge in [0.25, 0.3) is 0 Å². The molecule has 0 aromatic carbocycles. The van der Waals surface area contributed by atoms with Crippen LogP contribution in [0.25, 0.3) is 0 Å². The molecular weight excluding hydrogens is 836 g/mol. The van der Waals surface area contributed by atoms with E-state index < -0.39 is 89.2 Å². The van der Waals surface area contributed by atoms with Crippen LogP contribution in [0, 0.1) is 28.6 Å². The Hall–Kier alpha value is -1.47. The minimum Gasteiger partial charge on any atom is -0.413 e. The zero-order valence-electron chi connectivity index (χ0n) is 37.5. The van der Waals surface area contributed by atoms with Crippen molar-refractivity contribution in [3.63, 3.8) is 0 Å². The second kappa shape index (κ2) is 16.5. The highest BCUT2D eigenvalue weighted by atomic mass is 28.4. The minimum absolute atomic E-state index is 0.0109. The van der Waals surface area contributed by atoms with Gasteiger partial charge < -0.3 is 19.1 Å². The number of hydrogen-bond donors (Lipinski definition) is 2. The number of allylic oxidation sites excluding steroid dienone is 3. The summed E-state index contributed by atoms with van der Waals surface area (Å²) in [6.07, 6.45) is -5.07. The monoisotopic (exact) mass is 904 g/mol. The highest BCUT2D eigenvalue weighted by Gasteiger charge is 2.85. The average molecular weight is 905 g/mol. The summed E-state index contributed by atoms with van der Waals surface area (Å²) in [5, 5.41) is 21.6. The van der Waals surface area contributed by atoms with Crippen LogP contribution < -0.4 is 0 Å². The maximum absolute atomic E-state index is 14.8. The van der Waals surface area contributed by atoms with Crippen molar-refractivity contribution in [2.24, 2.45) is 28.6 Å². The van der Waals surface area contributed by atoms with Crippen molar-refractivity contribution in [1.82, 2.24) is 0 Å². The Balaban J connectivity index is 1.54. The van der Waals surface area contributed by atoms with Crippen LogP contribution >= 0.6 is 0 Å². The molecule has 4 fully saturated rings. The predicted octanol–water partition coefficient (Wildman–Crippen LogP) is 12.8. The molecule has 0 saturated heterocycles.